The highest BCUT2D eigenvalue weighted by Crippen LogP contribution is 2.31. The normalized spacial score (nSPS) is 22.6. The molecule has 2 aliphatic rings. The van der Waals surface area contributed by atoms with E-state index < -0.39 is 6.04 Å². The molecule has 0 unspecified atom stereocenters. The van der Waals surface area contributed by atoms with Crippen molar-refractivity contribution in [1.82, 2.24) is 9.80 Å². The predicted molar refractivity (Wildman–Crippen MR) is 71.5 cm³/mol. The summed E-state index contributed by atoms with van der Waals surface area (Å²) in [5.74, 6) is 0.0942. The summed E-state index contributed by atoms with van der Waals surface area (Å²) in [5.41, 5.74) is 1.98. The number of nitrogens with zero attached hydrogens (tertiary/aromatic N) is 2. The highest BCUT2D eigenvalue weighted by molar-refractivity contribution is 5.92. The molecule has 19 heavy (non-hydrogen) atoms. The Hall–Kier alpha value is -1.84. The van der Waals surface area contributed by atoms with Crippen LogP contribution in [0, 0.1) is 0 Å². The first kappa shape index (κ1) is 12.2. The molecule has 1 aromatic rings. The van der Waals surface area contributed by atoms with Crippen molar-refractivity contribution in [3.05, 3.63) is 35.4 Å². The van der Waals surface area contributed by atoms with Gasteiger partial charge in [-0.25, -0.2) is 0 Å². The summed E-state index contributed by atoms with van der Waals surface area (Å²) in [5, 5.41) is 0. The van der Waals surface area contributed by atoms with Gasteiger partial charge in [0.1, 0.15) is 6.04 Å². The molecular weight excluding hydrogens is 240 g/mol. The quantitative estimate of drug-likeness (QED) is 0.763. The Balaban J connectivity index is 1.98. The minimum Gasteiger partial charge on any atom is -0.341 e. The van der Waals surface area contributed by atoms with Gasteiger partial charge in [0.25, 0.3) is 0 Å². The van der Waals surface area contributed by atoms with Crippen LogP contribution in [0.5, 0.6) is 0 Å². The summed E-state index contributed by atoms with van der Waals surface area (Å²) in [7, 11) is 1.73. The molecule has 0 aromatic heterocycles. The van der Waals surface area contributed by atoms with Gasteiger partial charge in [0.05, 0.1) is 6.42 Å². The van der Waals surface area contributed by atoms with Crippen molar-refractivity contribution in [1.29, 1.82) is 0 Å². The van der Waals surface area contributed by atoms with Gasteiger partial charge in [0.2, 0.25) is 11.8 Å². The van der Waals surface area contributed by atoms with Gasteiger partial charge in [-0.2, -0.15) is 0 Å². The molecule has 1 aromatic carbocycles. The van der Waals surface area contributed by atoms with Crippen LogP contribution >= 0.6 is 0 Å². The topological polar surface area (TPSA) is 40.6 Å². The minimum absolute atomic E-state index is 0.0243. The number of hydrogen-bond donors (Lipinski definition) is 0. The highest BCUT2D eigenvalue weighted by Gasteiger charge is 2.37. The maximum atomic E-state index is 12.7. The summed E-state index contributed by atoms with van der Waals surface area (Å²) in [6, 6.07) is 7.35. The van der Waals surface area contributed by atoms with Crippen LogP contribution in [-0.2, 0) is 16.0 Å². The fourth-order valence-corrected chi connectivity index (χ4v) is 3.01. The molecule has 2 amide bonds. The molecule has 2 heterocycles. The number of likely N-dealkylation sites (tertiary alicyclic amines) is 1. The van der Waals surface area contributed by atoms with Crippen LogP contribution in [0.1, 0.15) is 30.0 Å². The summed E-state index contributed by atoms with van der Waals surface area (Å²) in [6.45, 7) is 1.64. The van der Waals surface area contributed by atoms with Gasteiger partial charge in [0.15, 0.2) is 0 Å². The number of rotatable bonds is 1. The van der Waals surface area contributed by atoms with E-state index in [4.69, 9.17) is 0 Å². The standard InChI is InChI=1S/C15H18N2O2/c1-16-13(18)10-11-6-2-3-7-12(11)14(16)15(19)17-8-4-5-9-17/h2-3,6-7,14H,4-5,8-10H2,1H3/t14-/m0/s1. The highest BCUT2D eigenvalue weighted by atomic mass is 16.2. The monoisotopic (exact) mass is 258 g/mol. The van der Waals surface area contributed by atoms with Gasteiger partial charge in [-0.15, -0.1) is 0 Å². The number of amides is 2. The summed E-state index contributed by atoms with van der Waals surface area (Å²) in [4.78, 5) is 28.2. The maximum Gasteiger partial charge on any atom is 0.250 e. The van der Waals surface area contributed by atoms with E-state index in [1.165, 1.54) is 0 Å². The second-order valence-electron chi connectivity index (χ2n) is 5.32. The second-order valence-corrected chi connectivity index (χ2v) is 5.32. The first-order valence-electron chi connectivity index (χ1n) is 6.81. The van der Waals surface area contributed by atoms with E-state index in [1.54, 1.807) is 11.9 Å². The Bertz CT molecular complexity index is 521. The van der Waals surface area contributed by atoms with Crippen molar-refractivity contribution in [2.75, 3.05) is 20.1 Å². The molecule has 1 atom stereocenters. The summed E-state index contributed by atoms with van der Waals surface area (Å²) in [6.07, 6.45) is 2.53. The minimum atomic E-state index is -0.435. The van der Waals surface area contributed by atoms with E-state index in [0.29, 0.717) is 6.42 Å². The largest absolute Gasteiger partial charge is 0.341 e. The lowest BCUT2D eigenvalue weighted by molar-refractivity contribution is -0.144. The molecule has 1 fully saturated rings. The molecule has 4 heteroatoms. The van der Waals surface area contributed by atoms with E-state index in [-0.39, 0.29) is 11.8 Å². The predicted octanol–water partition coefficient (Wildman–Crippen LogP) is 1.36. The number of carbonyl (C=O) groups excluding carboxylic acids is 2. The van der Waals surface area contributed by atoms with E-state index >= 15 is 0 Å². The fourth-order valence-electron chi connectivity index (χ4n) is 3.01. The van der Waals surface area contributed by atoms with Gasteiger partial charge < -0.3 is 9.80 Å². The molecule has 4 nitrogen and oxygen atoms in total. The molecular formula is C15H18N2O2. The second kappa shape index (κ2) is 4.68. The number of likely N-dealkylation sites (N-methyl/N-ethyl adjacent to an activating group) is 1. The van der Waals surface area contributed by atoms with Gasteiger partial charge in [-0.1, -0.05) is 24.3 Å². The van der Waals surface area contributed by atoms with Crippen LogP contribution in [0.25, 0.3) is 0 Å². The third kappa shape index (κ3) is 2.01. The smallest absolute Gasteiger partial charge is 0.250 e. The third-order valence-corrected chi connectivity index (χ3v) is 4.12. The average Bonchev–Trinajstić information content (AvgIpc) is 2.93. The first-order chi connectivity index (χ1) is 9.18. The lowest BCUT2D eigenvalue weighted by Crippen LogP contribution is -2.46. The number of hydrogen-bond acceptors (Lipinski definition) is 2. The molecule has 0 aliphatic carbocycles. The van der Waals surface area contributed by atoms with Crippen LogP contribution in [0.4, 0.5) is 0 Å². The Morgan fingerprint density at radius 2 is 1.89 bits per heavy atom. The molecule has 1 saturated heterocycles. The zero-order valence-electron chi connectivity index (χ0n) is 11.1. The summed E-state index contributed by atoms with van der Waals surface area (Å²) >= 11 is 0. The molecule has 3 rings (SSSR count). The molecule has 0 bridgehead atoms. The van der Waals surface area contributed by atoms with Gasteiger partial charge in [0, 0.05) is 20.1 Å². The van der Waals surface area contributed by atoms with Crippen molar-refractivity contribution in [2.45, 2.75) is 25.3 Å². The average molecular weight is 258 g/mol. The van der Waals surface area contributed by atoms with Gasteiger partial charge in [-0.3, -0.25) is 9.59 Å². The Kier molecular flexibility index (Phi) is 3.01. The Morgan fingerprint density at radius 1 is 1.21 bits per heavy atom. The Morgan fingerprint density at radius 3 is 2.63 bits per heavy atom. The van der Waals surface area contributed by atoms with Gasteiger partial charge >= 0.3 is 0 Å². The number of carbonyl (C=O) groups is 2. The maximum absolute atomic E-state index is 12.7. The van der Waals surface area contributed by atoms with Crippen molar-refractivity contribution >= 4 is 11.8 Å². The molecule has 0 saturated carbocycles. The molecule has 0 N–H and O–H groups in total. The molecule has 0 radical (unpaired) electrons. The van der Waals surface area contributed by atoms with Crippen molar-refractivity contribution in [3.63, 3.8) is 0 Å². The lowest BCUT2D eigenvalue weighted by Gasteiger charge is -2.35. The van der Waals surface area contributed by atoms with Crippen molar-refractivity contribution in [3.8, 4) is 0 Å². The zero-order chi connectivity index (χ0) is 13.4. The third-order valence-electron chi connectivity index (χ3n) is 4.12. The van der Waals surface area contributed by atoms with Crippen LogP contribution in [0.2, 0.25) is 0 Å². The number of benzene rings is 1. The SMILES string of the molecule is CN1C(=O)Cc2ccccc2[C@H]1C(=O)N1CCCC1. The van der Waals surface area contributed by atoms with E-state index in [2.05, 4.69) is 0 Å². The van der Waals surface area contributed by atoms with Gasteiger partial charge in [-0.05, 0) is 24.0 Å². The van der Waals surface area contributed by atoms with Crippen molar-refractivity contribution < 1.29 is 9.59 Å². The van der Waals surface area contributed by atoms with Crippen LogP contribution in [-0.4, -0.2) is 41.8 Å². The van der Waals surface area contributed by atoms with Crippen LogP contribution in [0.15, 0.2) is 24.3 Å². The Labute approximate surface area is 113 Å². The fraction of sp³-hybridized carbons (Fsp3) is 0.467. The van der Waals surface area contributed by atoms with Crippen LogP contribution < -0.4 is 0 Å². The van der Waals surface area contributed by atoms with Crippen LogP contribution in [0.3, 0.4) is 0 Å². The van der Waals surface area contributed by atoms with E-state index in [1.807, 2.05) is 29.2 Å². The first-order valence-corrected chi connectivity index (χ1v) is 6.81. The zero-order valence-corrected chi connectivity index (χ0v) is 11.1. The van der Waals surface area contributed by atoms with E-state index in [9.17, 15) is 9.59 Å². The molecule has 2 aliphatic heterocycles. The number of fused-ring (bicyclic) bond motifs is 1. The van der Waals surface area contributed by atoms with Crippen molar-refractivity contribution in [2.24, 2.45) is 0 Å². The lowest BCUT2D eigenvalue weighted by atomic mass is 9.92. The molecule has 100 valence electrons. The molecule has 0 spiro atoms. The summed E-state index contributed by atoms with van der Waals surface area (Å²) < 4.78 is 0. The van der Waals surface area contributed by atoms with E-state index in [0.717, 1.165) is 37.1 Å².